The van der Waals surface area contributed by atoms with Crippen LogP contribution in [0.4, 0.5) is 10.5 Å². The van der Waals surface area contributed by atoms with Crippen molar-refractivity contribution in [3.63, 3.8) is 0 Å². The highest BCUT2D eigenvalue weighted by Crippen LogP contribution is 2.24. The first-order valence-electron chi connectivity index (χ1n) is 6.56. The molecule has 2 unspecified atom stereocenters. The van der Waals surface area contributed by atoms with Gasteiger partial charge in [-0.2, -0.15) is 0 Å². The number of hydrogen-bond donors (Lipinski definition) is 2. The van der Waals surface area contributed by atoms with Crippen LogP contribution in [-0.4, -0.2) is 35.2 Å². The highest BCUT2D eigenvalue weighted by atomic mass is 35.5. The standard InChI is InChI=1S/C14H19ClN2O2/c1-10-3-2-8-17(13(10)9-18)14(19)16-12-6-4-11(15)5-7-12/h4-7,10,13,18H,2-3,8-9H2,1H3,(H,16,19). The van der Waals surface area contributed by atoms with Crippen molar-refractivity contribution < 1.29 is 9.90 Å². The molecule has 104 valence electrons. The molecule has 0 aromatic heterocycles. The van der Waals surface area contributed by atoms with Crippen molar-refractivity contribution in [2.45, 2.75) is 25.8 Å². The number of aliphatic hydroxyl groups excluding tert-OH is 1. The minimum atomic E-state index is -0.159. The second-order valence-electron chi connectivity index (χ2n) is 5.00. The summed E-state index contributed by atoms with van der Waals surface area (Å²) in [5.74, 6) is 0.328. The summed E-state index contributed by atoms with van der Waals surface area (Å²) < 4.78 is 0. The maximum Gasteiger partial charge on any atom is 0.322 e. The molecule has 0 bridgehead atoms. The van der Waals surface area contributed by atoms with Gasteiger partial charge in [0.05, 0.1) is 12.6 Å². The van der Waals surface area contributed by atoms with Crippen molar-refractivity contribution in [3.8, 4) is 0 Å². The Morgan fingerprint density at radius 2 is 2.16 bits per heavy atom. The SMILES string of the molecule is CC1CCCN(C(=O)Nc2ccc(Cl)cc2)C1CO. The second kappa shape index (κ2) is 6.26. The Balaban J connectivity index is 2.04. The minimum absolute atomic E-state index is 0.00913. The average molecular weight is 283 g/mol. The van der Waals surface area contributed by atoms with E-state index in [4.69, 9.17) is 11.6 Å². The van der Waals surface area contributed by atoms with Gasteiger partial charge in [-0.3, -0.25) is 0 Å². The number of rotatable bonds is 2. The molecule has 0 saturated carbocycles. The Bertz CT molecular complexity index is 436. The summed E-state index contributed by atoms with van der Waals surface area (Å²) in [5, 5.41) is 12.9. The average Bonchev–Trinajstić information content (AvgIpc) is 2.41. The van der Waals surface area contributed by atoms with Crippen LogP contribution in [0, 0.1) is 5.92 Å². The van der Waals surface area contributed by atoms with Crippen LogP contribution in [0.3, 0.4) is 0 Å². The summed E-state index contributed by atoms with van der Waals surface area (Å²) in [5.41, 5.74) is 0.712. The van der Waals surface area contributed by atoms with Gasteiger partial charge in [0.2, 0.25) is 0 Å². The fraction of sp³-hybridized carbons (Fsp3) is 0.500. The van der Waals surface area contributed by atoms with Gasteiger partial charge in [-0.05, 0) is 43.0 Å². The molecule has 1 aromatic rings. The molecule has 1 saturated heterocycles. The summed E-state index contributed by atoms with van der Waals surface area (Å²) in [6, 6.07) is 6.75. The van der Waals surface area contributed by atoms with Crippen molar-refractivity contribution in [1.29, 1.82) is 0 Å². The number of nitrogens with one attached hydrogen (secondary N) is 1. The van der Waals surface area contributed by atoms with Gasteiger partial charge in [-0.1, -0.05) is 18.5 Å². The lowest BCUT2D eigenvalue weighted by Gasteiger charge is -2.38. The van der Waals surface area contributed by atoms with Crippen LogP contribution < -0.4 is 5.32 Å². The summed E-state index contributed by atoms with van der Waals surface area (Å²) in [6.45, 7) is 2.77. The van der Waals surface area contributed by atoms with Crippen molar-refractivity contribution in [1.82, 2.24) is 4.90 Å². The van der Waals surface area contributed by atoms with Crippen LogP contribution in [0.25, 0.3) is 0 Å². The van der Waals surface area contributed by atoms with E-state index in [-0.39, 0.29) is 18.7 Å². The third kappa shape index (κ3) is 3.39. The Morgan fingerprint density at radius 3 is 2.79 bits per heavy atom. The number of nitrogens with zero attached hydrogens (tertiary/aromatic N) is 1. The number of carbonyl (C=O) groups excluding carboxylic acids is 1. The predicted octanol–water partition coefficient (Wildman–Crippen LogP) is 2.96. The fourth-order valence-corrected chi connectivity index (χ4v) is 2.63. The number of amides is 2. The first-order chi connectivity index (χ1) is 9.11. The van der Waals surface area contributed by atoms with Crippen LogP contribution in [0.1, 0.15) is 19.8 Å². The van der Waals surface area contributed by atoms with Crippen molar-refractivity contribution in [2.24, 2.45) is 5.92 Å². The molecule has 2 amide bonds. The number of benzene rings is 1. The van der Waals surface area contributed by atoms with E-state index in [0.29, 0.717) is 23.2 Å². The molecular formula is C14H19ClN2O2. The molecule has 2 rings (SSSR count). The third-order valence-electron chi connectivity index (χ3n) is 3.66. The lowest BCUT2D eigenvalue weighted by Crippen LogP contribution is -2.51. The first kappa shape index (κ1) is 14.2. The lowest BCUT2D eigenvalue weighted by atomic mass is 9.91. The van der Waals surface area contributed by atoms with Gasteiger partial charge >= 0.3 is 6.03 Å². The largest absolute Gasteiger partial charge is 0.394 e. The van der Waals surface area contributed by atoms with E-state index in [1.165, 1.54) is 0 Å². The van der Waals surface area contributed by atoms with E-state index in [2.05, 4.69) is 12.2 Å². The maximum absolute atomic E-state index is 12.2. The van der Waals surface area contributed by atoms with Crippen LogP contribution >= 0.6 is 11.6 Å². The number of hydrogen-bond acceptors (Lipinski definition) is 2. The predicted molar refractivity (Wildman–Crippen MR) is 76.4 cm³/mol. The molecule has 0 radical (unpaired) electrons. The summed E-state index contributed by atoms with van der Waals surface area (Å²) in [6.07, 6.45) is 2.03. The van der Waals surface area contributed by atoms with Crippen LogP contribution in [0.2, 0.25) is 5.02 Å². The maximum atomic E-state index is 12.2. The molecule has 4 nitrogen and oxygen atoms in total. The molecule has 2 N–H and O–H groups in total. The monoisotopic (exact) mass is 282 g/mol. The van der Waals surface area contributed by atoms with E-state index >= 15 is 0 Å². The fourth-order valence-electron chi connectivity index (χ4n) is 2.51. The highest BCUT2D eigenvalue weighted by molar-refractivity contribution is 6.30. The lowest BCUT2D eigenvalue weighted by molar-refractivity contribution is 0.0811. The number of urea groups is 1. The normalized spacial score (nSPS) is 23.2. The molecule has 0 aliphatic carbocycles. The van der Waals surface area contributed by atoms with Gasteiger partial charge in [0.15, 0.2) is 0 Å². The Labute approximate surface area is 118 Å². The molecule has 0 spiro atoms. The van der Waals surface area contributed by atoms with Gasteiger partial charge in [0, 0.05) is 17.3 Å². The quantitative estimate of drug-likeness (QED) is 0.876. The molecule has 1 heterocycles. The number of anilines is 1. The van der Waals surface area contributed by atoms with Crippen molar-refractivity contribution in [3.05, 3.63) is 29.3 Å². The van der Waals surface area contributed by atoms with E-state index in [9.17, 15) is 9.90 Å². The molecule has 19 heavy (non-hydrogen) atoms. The zero-order valence-corrected chi connectivity index (χ0v) is 11.7. The number of aliphatic hydroxyl groups is 1. The molecule has 2 atom stereocenters. The third-order valence-corrected chi connectivity index (χ3v) is 3.91. The van der Waals surface area contributed by atoms with E-state index in [1.807, 2.05) is 0 Å². The first-order valence-corrected chi connectivity index (χ1v) is 6.93. The zero-order valence-electron chi connectivity index (χ0n) is 11.0. The van der Waals surface area contributed by atoms with Crippen molar-refractivity contribution >= 4 is 23.3 Å². The van der Waals surface area contributed by atoms with Gasteiger partial charge < -0.3 is 15.3 Å². The van der Waals surface area contributed by atoms with Gasteiger partial charge in [0.1, 0.15) is 0 Å². The minimum Gasteiger partial charge on any atom is -0.394 e. The van der Waals surface area contributed by atoms with Crippen LogP contribution in [0.15, 0.2) is 24.3 Å². The molecule has 1 fully saturated rings. The summed E-state index contributed by atoms with van der Waals surface area (Å²) in [7, 11) is 0. The number of halogens is 1. The number of likely N-dealkylation sites (tertiary alicyclic amines) is 1. The van der Waals surface area contributed by atoms with Gasteiger partial charge in [-0.15, -0.1) is 0 Å². The summed E-state index contributed by atoms with van der Waals surface area (Å²) >= 11 is 5.81. The molecule has 5 heteroatoms. The number of piperidine rings is 1. The highest BCUT2D eigenvalue weighted by Gasteiger charge is 2.31. The Morgan fingerprint density at radius 1 is 1.47 bits per heavy atom. The smallest absolute Gasteiger partial charge is 0.322 e. The second-order valence-corrected chi connectivity index (χ2v) is 5.44. The van der Waals surface area contributed by atoms with Crippen LogP contribution in [0.5, 0.6) is 0 Å². The Kier molecular flexibility index (Phi) is 4.66. The molecule has 1 aliphatic heterocycles. The van der Waals surface area contributed by atoms with E-state index < -0.39 is 0 Å². The van der Waals surface area contributed by atoms with Gasteiger partial charge in [-0.25, -0.2) is 4.79 Å². The van der Waals surface area contributed by atoms with E-state index in [1.54, 1.807) is 29.2 Å². The Hall–Kier alpha value is -1.26. The number of carbonyl (C=O) groups is 1. The van der Waals surface area contributed by atoms with E-state index in [0.717, 1.165) is 12.8 Å². The molecular weight excluding hydrogens is 264 g/mol. The molecule has 1 aliphatic rings. The van der Waals surface area contributed by atoms with Crippen molar-refractivity contribution in [2.75, 3.05) is 18.5 Å². The van der Waals surface area contributed by atoms with Gasteiger partial charge in [0.25, 0.3) is 0 Å². The zero-order chi connectivity index (χ0) is 13.8. The summed E-state index contributed by atoms with van der Waals surface area (Å²) in [4.78, 5) is 14.0. The molecule has 1 aromatic carbocycles. The topological polar surface area (TPSA) is 52.6 Å². The van der Waals surface area contributed by atoms with Crippen LogP contribution in [-0.2, 0) is 0 Å².